The predicted molar refractivity (Wildman–Crippen MR) is 48.8 cm³/mol. The Kier molecular flexibility index (Phi) is 1.46. The van der Waals surface area contributed by atoms with Crippen LogP contribution >= 0.6 is 16.1 Å². The van der Waals surface area contributed by atoms with Crippen molar-refractivity contribution < 1.29 is 0 Å². The highest BCUT2D eigenvalue weighted by atomic mass is 79.9. The van der Waals surface area contributed by atoms with Gasteiger partial charge in [-0.15, -0.1) is 0 Å². The lowest BCUT2D eigenvalue weighted by molar-refractivity contribution is 1.23. The third kappa shape index (κ3) is 0.959. The van der Waals surface area contributed by atoms with E-state index < -0.39 is 0 Å². The first kappa shape index (κ1) is 6.85. The van der Waals surface area contributed by atoms with Gasteiger partial charge in [0, 0.05) is 17.3 Å². The molecule has 11 heavy (non-hydrogen) atoms. The first-order valence-electron chi connectivity index (χ1n) is 3.37. The van der Waals surface area contributed by atoms with Crippen molar-refractivity contribution >= 4 is 27.1 Å². The second-order valence-electron chi connectivity index (χ2n) is 2.50. The van der Waals surface area contributed by atoms with Crippen molar-refractivity contribution in [1.29, 1.82) is 0 Å². The summed E-state index contributed by atoms with van der Waals surface area (Å²) in [4.78, 5) is 4.04. The quantitative estimate of drug-likeness (QED) is 0.654. The lowest BCUT2D eigenvalue weighted by atomic mass is 10.3. The van der Waals surface area contributed by atoms with Gasteiger partial charge in [0.1, 0.15) is 0 Å². The first-order chi connectivity index (χ1) is 5.29. The van der Waals surface area contributed by atoms with Gasteiger partial charge in [0.15, 0.2) is 0 Å². The number of rotatable bonds is 0. The summed E-state index contributed by atoms with van der Waals surface area (Å²) >= 11 is 3.43. The topological polar surface area (TPSA) is 17.8 Å². The molecule has 0 saturated heterocycles. The molecular weight excluding hydrogens is 204 g/mol. The van der Waals surface area contributed by atoms with Gasteiger partial charge in [-0.3, -0.25) is 8.58 Å². The van der Waals surface area contributed by atoms with Crippen molar-refractivity contribution in [1.82, 2.24) is 8.58 Å². The Labute approximate surface area is 73.2 Å². The lowest BCUT2D eigenvalue weighted by Crippen LogP contribution is -1.80. The molecule has 0 aliphatic heterocycles. The maximum Gasteiger partial charge on any atom is 0.0777 e. The molecule has 0 radical (unpaired) electrons. The van der Waals surface area contributed by atoms with Gasteiger partial charge in [-0.05, 0) is 19.1 Å². The summed E-state index contributed by atoms with van der Waals surface area (Å²) in [6, 6.07) is 4.12. The Bertz CT molecular complexity index is 392. The van der Waals surface area contributed by atoms with Crippen LogP contribution in [0.2, 0.25) is 0 Å². The van der Waals surface area contributed by atoms with Gasteiger partial charge < -0.3 is 0 Å². The highest BCUT2D eigenvalue weighted by Crippen LogP contribution is 2.19. The van der Waals surface area contributed by atoms with E-state index in [2.05, 4.69) is 34.1 Å². The fourth-order valence-electron chi connectivity index (χ4n) is 1.15. The third-order valence-corrected chi connectivity index (χ3v) is 2.66. The minimum atomic E-state index is 1.12. The van der Waals surface area contributed by atoms with Crippen LogP contribution in [0, 0.1) is 6.92 Å². The van der Waals surface area contributed by atoms with Gasteiger partial charge in [0.25, 0.3) is 0 Å². The Morgan fingerprint density at radius 1 is 1.55 bits per heavy atom. The fraction of sp³-hybridized carbons (Fsp3) is 0.125. The molecule has 0 N–H and O–H groups in total. The molecule has 0 saturated carbocycles. The van der Waals surface area contributed by atoms with Gasteiger partial charge >= 0.3 is 0 Å². The number of nitrogens with zero attached hydrogens (tertiary/aromatic N) is 2. The molecule has 2 aromatic heterocycles. The molecule has 0 aromatic carbocycles. The molecule has 2 heterocycles. The van der Waals surface area contributed by atoms with Crippen LogP contribution in [0.25, 0.3) is 10.9 Å². The second-order valence-corrected chi connectivity index (χ2v) is 3.21. The van der Waals surface area contributed by atoms with E-state index in [4.69, 9.17) is 0 Å². The van der Waals surface area contributed by atoms with Gasteiger partial charge in [0.05, 0.1) is 27.9 Å². The maximum absolute atomic E-state index is 4.04. The standard InChI is InChI=1S/C8H7BrN2/c1-6-4-7-2-3-10-5-8(7)11(6)9/h2-5H,1H3. The van der Waals surface area contributed by atoms with Crippen molar-refractivity contribution in [2.75, 3.05) is 0 Å². The average molecular weight is 211 g/mol. The van der Waals surface area contributed by atoms with Crippen molar-refractivity contribution in [3.63, 3.8) is 0 Å². The molecule has 3 heteroatoms. The molecule has 0 fully saturated rings. The van der Waals surface area contributed by atoms with Gasteiger partial charge in [-0.1, -0.05) is 0 Å². The number of pyridine rings is 1. The van der Waals surface area contributed by atoms with Crippen LogP contribution in [0.5, 0.6) is 0 Å². The van der Waals surface area contributed by atoms with Crippen LogP contribution in [0.3, 0.4) is 0 Å². The summed E-state index contributed by atoms with van der Waals surface area (Å²) in [5.74, 6) is 0. The van der Waals surface area contributed by atoms with Crippen molar-refractivity contribution in [3.05, 3.63) is 30.2 Å². The third-order valence-electron chi connectivity index (χ3n) is 1.72. The highest BCUT2D eigenvalue weighted by Gasteiger charge is 2.00. The summed E-state index contributed by atoms with van der Waals surface area (Å²) in [5.41, 5.74) is 2.30. The van der Waals surface area contributed by atoms with Gasteiger partial charge in [-0.25, -0.2) is 0 Å². The summed E-state index contributed by atoms with van der Waals surface area (Å²) in [5, 5.41) is 1.22. The minimum absolute atomic E-state index is 1.12. The van der Waals surface area contributed by atoms with Crippen LogP contribution in [-0.2, 0) is 0 Å². The second kappa shape index (κ2) is 2.34. The average Bonchev–Trinajstić information content (AvgIpc) is 2.30. The van der Waals surface area contributed by atoms with Crippen LogP contribution < -0.4 is 0 Å². The SMILES string of the molecule is Cc1cc2ccncc2n1Br. The van der Waals surface area contributed by atoms with Gasteiger partial charge in [-0.2, -0.15) is 0 Å². The van der Waals surface area contributed by atoms with E-state index in [-0.39, 0.29) is 0 Å². The zero-order valence-corrected chi connectivity index (χ0v) is 7.67. The number of aryl methyl sites for hydroxylation is 1. The smallest absolute Gasteiger partial charge is 0.0777 e. The van der Waals surface area contributed by atoms with E-state index in [1.165, 1.54) is 11.1 Å². The molecule has 0 atom stereocenters. The Morgan fingerprint density at radius 2 is 2.36 bits per heavy atom. The van der Waals surface area contributed by atoms with E-state index >= 15 is 0 Å². The van der Waals surface area contributed by atoms with Crippen LogP contribution in [0.4, 0.5) is 0 Å². The summed E-state index contributed by atoms with van der Waals surface area (Å²) < 4.78 is 1.95. The Balaban J connectivity index is 2.92. The first-order valence-corrected chi connectivity index (χ1v) is 4.08. The number of aromatic nitrogens is 2. The zero-order chi connectivity index (χ0) is 7.84. The maximum atomic E-state index is 4.04. The van der Waals surface area contributed by atoms with Crippen LogP contribution in [-0.4, -0.2) is 8.58 Å². The molecule has 2 aromatic rings. The highest BCUT2D eigenvalue weighted by molar-refractivity contribution is 9.08. The molecule has 0 aliphatic carbocycles. The largest absolute Gasteiger partial charge is 0.279 e. The monoisotopic (exact) mass is 210 g/mol. The fourth-order valence-corrected chi connectivity index (χ4v) is 1.55. The van der Waals surface area contributed by atoms with Gasteiger partial charge in [0.2, 0.25) is 0 Å². The molecule has 0 aliphatic rings. The van der Waals surface area contributed by atoms with E-state index in [1.807, 2.05) is 15.9 Å². The number of halogens is 1. The number of fused-ring (bicyclic) bond motifs is 1. The van der Waals surface area contributed by atoms with E-state index in [9.17, 15) is 0 Å². The molecule has 56 valence electrons. The van der Waals surface area contributed by atoms with Crippen molar-refractivity contribution in [2.24, 2.45) is 0 Å². The summed E-state index contributed by atoms with van der Waals surface area (Å²) in [7, 11) is 0. The van der Waals surface area contributed by atoms with Crippen molar-refractivity contribution in [2.45, 2.75) is 6.92 Å². The predicted octanol–water partition coefficient (Wildman–Crippen LogP) is 2.50. The molecule has 0 unspecified atom stereocenters. The molecule has 0 bridgehead atoms. The van der Waals surface area contributed by atoms with E-state index in [0.717, 1.165) is 5.52 Å². The molecule has 0 amide bonds. The molecular formula is C8H7BrN2. The Morgan fingerprint density at radius 3 is 3.09 bits per heavy atom. The van der Waals surface area contributed by atoms with Crippen LogP contribution in [0.1, 0.15) is 5.69 Å². The molecule has 2 rings (SSSR count). The lowest BCUT2D eigenvalue weighted by Gasteiger charge is -1.92. The normalized spacial score (nSPS) is 10.7. The summed E-state index contributed by atoms with van der Waals surface area (Å²) in [6.45, 7) is 2.05. The Hall–Kier alpha value is -0.830. The molecule has 0 spiro atoms. The zero-order valence-electron chi connectivity index (χ0n) is 6.08. The molecule has 2 nitrogen and oxygen atoms in total. The van der Waals surface area contributed by atoms with E-state index in [1.54, 1.807) is 6.20 Å². The number of hydrogen-bond donors (Lipinski definition) is 0. The van der Waals surface area contributed by atoms with E-state index in [0.29, 0.717) is 0 Å². The number of hydrogen-bond acceptors (Lipinski definition) is 1. The van der Waals surface area contributed by atoms with Crippen LogP contribution in [0.15, 0.2) is 24.5 Å². The minimum Gasteiger partial charge on any atom is -0.279 e. The van der Waals surface area contributed by atoms with Crippen molar-refractivity contribution in [3.8, 4) is 0 Å². The summed E-state index contributed by atoms with van der Waals surface area (Å²) in [6.07, 6.45) is 3.64.